The Morgan fingerprint density at radius 3 is 2.22 bits per heavy atom. The minimum absolute atomic E-state index is 0.164. The lowest BCUT2D eigenvalue weighted by Gasteiger charge is -2.26. The zero-order chi connectivity index (χ0) is 22.8. The summed E-state index contributed by atoms with van der Waals surface area (Å²) in [5, 5.41) is 2.86. The largest absolute Gasteiger partial charge is 0.354 e. The van der Waals surface area contributed by atoms with Crippen LogP contribution in [-0.2, 0) is 27.0 Å². The first-order chi connectivity index (χ1) is 15.5. The molecule has 0 atom stereocenters. The Morgan fingerprint density at radius 2 is 1.53 bits per heavy atom. The number of aryl methyl sites for hydroxylation is 1. The van der Waals surface area contributed by atoms with E-state index in [9.17, 15) is 13.2 Å². The fourth-order valence-corrected chi connectivity index (χ4v) is 5.58. The van der Waals surface area contributed by atoms with Crippen LogP contribution in [0.15, 0.2) is 89.8 Å². The summed E-state index contributed by atoms with van der Waals surface area (Å²) in [6.07, 6.45) is 0.661. The van der Waals surface area contributed by atoms with Crippen molar-refractivity contribution in [3.05, 3.63) is 96.1 Å². The molecular weight excluding hydrogens is 440 g/mol. The van der Waals surface area contributed by atoms with Crippen molar-refractivity contribution >= 4 is 33.4 Å². The molecule has 0 aliphatic rings. The van der Waals surface area contributed by atoms with Crippen LogP contribution < -0.4 is 9.62 Å². The number of nitrogens with zero attached hydrogens (tertiary/aromatic N) is 1. The highest BCUT2D eigenvalue weighted by Crippen LogP contribution is 2.27. The Morgan fingerprint density at radius 1 is 0.906 bits per heavy atom. The first kappa shape index (κ1) is 23.9. The summed E-state index contributed by atoms with van der Waals surface area (Å²) in [6, 6.07) is 25.7. The SMILES string of the molecule is CCc1ccccc1N(CC(=O)NCCSCc1ccccc1)S(=O)(=O)c1ccccc1. The van der Waals surface area contributed by atoms with E-state index < -0.39 is 10.0 Å². The molecule has 0 spiro atoms. The fraction of sp³-hybridized carbons (Fsp3) is 0.240. The van der Waals surface area contributed by atoms with Gasteiger partial charge in [-0.3, -0.25) is 9.10 Å². The van der Waals surface area contributed by atoms with Crippen LogP contribution in [0.4, 0.5) is 5.69 Å². The normalized spacial score (nSPS) is 11.2. The van der Waals surface area contributed by atoms with Crippen LogP contribution in [0.3, 0.4) is 0 Å². The van der Waals surface area contributed by atoms with Crippen molar-refractivity contribution in [2.75, 3.05) is 23.1 Å². The number of rotatable bonds is 11. The second-order valence-electron chi connectivity index (χ2n) is 7.20. The molecule has 0 aliphatic heterocycles. The molecule has 3 rings (SSSR count). The van der Waals surface area contributed by atoms with E-state index in [1.165, 1.54) is 9.87 Å². The highest BCUT2D eigenvalue weighted by atomic mass is 32.2. The molecule has 0 radical (unpaired) electrons. The van der Waals surface area contributed by atoms with Crippen molar-refractivity contribution in [3.63, 3.8) is 0 Å². The molecule has 5 nitrogen and oxygen atoms in total. The third kappa shape index (κ3) is 6.37. The number of hydrogen-bond acceptors (Lipinski definition) is 4. The van der Waals surface area contributed by atoms with Gasteiger partial charge in [0, 0.05) is 18.1 Å². The van der Waals surface area contributed by atoms with Crippen molar-refractivity contribution in [3.8, 4) is 0 Å². The van der Waals surface area contributed by atoms with E-state index in [2.05, 4.69) is 17.4 Å². The van der Waals surface area contributed by atoms with Crippen LogP contribution >= 0.6 is 11.8 Å². The van der Waals surface area contributed by atoms with Crippen LogP contribution in [-0.4, -0.2) is 33.2 Å². The Labute approximate surface area is 194 Å². The summed E-state index contributed by atoms with van der Waals surface area (Å²) < 4.78 is 28.0. The molecule has 168 valence electrons. The number of carbonyl (C=O) groups excluding carboxylic acids is 1. The van der Waals surface area contributed by atoms with Crippen molar-refractivity contribution in [2.24, 2.45) is 0 Å². The monoisotopic (exact) mass is 468 g/mol. The number of amides is 1. The number of hydrogen-bond donors (Lipinski definition) is 1. The third-order valence-corrected chi connectivity index (χ3v) is 7.74. The third-order valence-electron chi connectivity index (χ3n) is 4.94. The quantitative estimate of drug-likeness (QED) is 0.421. The molecule has 1 N–H and O–H groups in total. The smallest absolute Gasteiger partial charge is 0.264 e. The molecule has 0 aromatic heterocycles. The molecular formula is C25H28N2O3S2. The predicted octanol–water partition coefficient (Wildman–Crippen LogP) is 4.49. The fourth-order valence-electron chi connectivity index (χ4n) is 3.29. The zero-order valence-corrected chi connectivity index (χ0v) is 19.7. The van der Waals surface area contributed by atoms with Crippen molar-refractivity contribution < 1.29 is 13.2 Å². The molecule has 3 aromatic rings. The van der Waals surface area contributed by atoms with E-state index in [1.54, 1.807) is 54.2 Å². The lowest BCUT2D eigenvalue weighted by Crippen LogP contribution is -2.41. The highest BCUT2D eigenvalue weighted by molar-refractivity contribution is 7.98. The molecule has 0 bridgehead atoms. The Balaban J connectivity index is 1.68. The van der Waals surface area contributed by atoms with Crippen LogP contribution in [0, 0.1) is 0 Å². The van der Waals surface area contributed by atoms with Gasteiger partial charge >= 0.3 is 0 Å². The van der Waals surface area contributed by atoms with E-state index >= 15 is 0 Å². The van der Waals surface area contributed by atoms with Crippen molar-refractivity contribution in [2.45, 2.75) is 24.0 Å². The van der Waals surface area contributed by atoms with E-state index in [-0.39, 0.29) is 17.3 Å². The number of benzene rings is 3. The first-order valence-electron chi connectivity index (χ1n) is 10.6. The van der Waals surface area contributed by atoms with Crippen LogP contribution in [0.5, 0.6) is 0 Å². The Bertz CT molecular complexity index is 1100. The van der Waals surface area contributed by atoms with Gasteiger partial charge in [-0.1, -0.05) is 73.7 Å². The average molecular weight is 469 g/mol. The van der Waals surface area contributed by atoms with Gasteiger partial charge in [-0.2, -0.15) is 11.8 Å². The van der Waals surface area contributed by atoms with Crippen LogP contribution in [0.2, 0.25) is 0 Å². The summed E-state index contributed by atoms with van der Waals surface area (Å²) in [5.74, 6) is 1.29. The van der Waals surface area contributed by atoms with Gasteiger partial charge in [-0.25, -0.2) is 8.42 Å². The number of sulfonamides is 1. The number of anilines is 1. The van der Waals surface area contributed by atoms with Crippen LogP contribution in [0.25, 0.3) is 0 Å². The standard InChI is InChI=1S/C25H28N2O3S2/c1-2-22-13-9-10-16-24(22)27(32(29,30)23-14-7-4-8-15-23)19-25(28)26-17-18-31-20-21-11-5-3-6-12-21/h3-16H,2,17-20H2,1H3,(H,26,28). The molecule has 32 heavy (non-hydrogen) atoms. The molecule has 0 heterocycles. The predicted molar refractivity (Wildman–Crippen MR) is 132 cm³/mol. The number of nitrogens with one attached hydrogen (secondary N) is 1. The molecule has 7 heteroatoms. The van der Waals surface area contributed by atoms with E-state index in [0.29, 0.717) is 18.7 Å². The van der Waals surface area contributed by atoms with E-state index in [1.807, 2.05) is 37.3 Å². The molecule has 0 aliphatic carbocycles. The summed E-state index contributed by atoms with van der Waals surface area (Å²) in [5.41, 5.74) is 2.64. The van der Waals surface area contributed by atoms with Gasteiger partial charge in [0.25, 0.3) is 10.0 Å². The summed E-state index contributed by atoms with van der Waals surface area (Å²) in [4.78, 5) is 12.9. The van der Waals surface area contributed by atoms with Gasteiger partial charge in [0.1, 0.15) is 6.54 Å². The first-order valence-corrected chi connectivity index (χ1v) is 13.2. The molecule has 0 fully saturated rings. The Kier molecular flexibility index (Phi) is 8.76. The van der Waals surface area contributed by atoms with Crippen molar-refractivity contribution in [1.82, 2.24) is 5.32 Å². The highest BCUT2D eigenvalue weighted by Gasteiger charge is 2.28. The van der Waals surface area contributed by atoms with Gasteiger partial charge in [-0.15, -0.1) is 0 Å². The summed E-state index contributed by atoms with van der Waals surface area (Å²) in [6.45, 7) is 2.18. The van der Waals surface area contributed by atoms with Gasteiger partial charge in [0.15, 0.2) is 0 Å². The topological polar surface area (TPSA) is 66.5 Å². The van der Waals surface area contributed by atoms with Gasteiger partial charge in [0.05, 0.1) is 10.6 Å². The maximum atomic E-state index is 13.4. The lowest BCUT2D eigenvalue weighted by molar-refractivity contribution is -0.119. The molecule has 0 saturated carbocycles. The van der Waals surface area contributed by atoms with Crippen LogP contribution in [0.1, 0.15) is 18.1 Å². The minimum atomic E-state index is -3.89. The molecule has 1 amide bonds. The molecule has 3 aromatic carbocycles. The number of thioether (sulfide) groups is 1. The van der Waals surface area contributed by atoms with Crippen molar-refractivity contribution in [1.29, 1.82) is 0 Å². The second kappa shape index (κ2) is 11.7. The number of carbonyl (C=O) groups is 1. The minimum Gasteiger partial charge on any atom is -0.354 e. The maximum absolute atomic E-state index is 13.4. The molecule has 0 saturated heterocycles. The van der Waals surface area contributed by atoms with Gasteiger partial charge in [-0.05, 0) is 35.7 Å². The van der Waals surface area contributed by atoms with Gasteiger partial charge < -0.3 is 5.32 Å². The summed E-state index contributed by atoms with van der Waals surface area (Å²) >= 11 is 1.73. The molecule has 0 unspecified atom stereocenters. The zero-order valence-electron chi connectivity index (χ0n) is 18.1. The van der Waals surface area contributed by atoms with Gasteiger partial charge in [0.2, 0.25) is 5.91 Å². The maximum Gasteiger partial charge on any atom is 0.264 e. The summed E-state index contributed by atoms with van der Waals surface area (Å²) in [7, 11) is -3.89. The Hall–Kier alpha value is -2.77. The van der Waals surface area contributed by atoms with E-state index in [0.717, 1.165) is 17.1 Å². The lowest BCUT2D eigenvalue weighted by atomic mass is 10.1. The second-order valence-corrected chi connectivity index (χ2v) is 10.2. The number of para-hydroxylation sites is 1. The average Bonchev–Trinajstić information content (AvgIpc) is 2.83. The van der Waals surface area contributed by atoms with E-state index in [4.69, 9.17) is 0 Å².